The van der Waals surface area contributed by atoms with Gasteiger partial charge in [0, 0.05) is 15.0 Å². The van der Waals surface area contributed by atoms with Crippen molar-refractivity contribution in [2.45, 2.75) is 32.9 Å². The third-order valence-corrected chi connectivity index (χ3v) is 4.04. The molecule has 0 aliphatic heterocycles. The van der Waals surface area contributed by atoms with Crippen LogP contribution in [0.15, 0.2) is 46.3 Å². The molecule has 1 amide bonds. The zero-order valence-corrected chi connectivity index (χ0v) is 14.7. The standard InChI is InChI=1S/C16H18BrNO2S/c1-16(2,3)20-15(19)18(11-14-5-4-10-21-14)13-8-6-12(17)7-9-13/h4-10H,11H2,1-3H3. The van der Waals surface area contributed by atoms with Crippen LogP contribution in [0.3, 0.4) is 0 Å². The number of carbonyl (C=O) groups excluding carboxylic acids is 1. The first-order valence-corrected chi connectivity index (χ1v) is 8.31. The maximum Gasteiger partial charge on any atom is 0.415 e. The molecule has 1 aromatic carbocycles. The molecule has 0 unspecified atom stereocenters. The zero-order valence-electron chi connectivity index (χ0n) is 12.3. The Bertz CT molecular complexity index is 588. The molecule has 1 aromatic heterocycles. The molecule has 0 aliphatic carbocycles. The molecule has 0 spiro atoms. The maximum atomic E-state index is 12.5. The number of carbonyl (C=O) groups is 1. The van der Waals surface area contributed by atoms with Gasteiger partial charge in [0.15, 0.2) is 0 Å². The Labute approximate surface area is 137 Å². The minimum atomic E-state index is -0.514. The van der Waals surface area contributed by atoms with Gasteiger partial charge in [0.1, 0.15) is 5.60 Å². The van der Waals surface area contributed by atoms with Gasteiger partial charge in [0.05, 0.1) is 6.54 Å². The van der Waals surface area contributed by atoms with Crippen molar-refractivity contribution < 1.29 is 9.53 Å². The van der Waals surface area contributed by atoms with Gasteiger partial charge in [-0.15, -0.1) is 11.3 Å². The number of rotatable bonds is 3. The smallest absolute Gasteiger partial charge is 0.415 e. The van der Waals surface area contributed by atoms with E-state index in [1.54, 1.807) is 16.2 Å². The number of ether oxygens (including phenoxy) is 1. The summed E-state index contributed by atoms with van der Waals surface area (Å²) in [7, 11) is 0. The van der Waals surface area contributed by atoms with Gasteiger partial charge in [-0.1, -0.05) is 22.0 Å². The molecule has 1 heterocycles. The predicted octanol–water partition coefficient (Wildman–Crippen LogP) is 5.45. The van der Waals surface area contributed by atoms with Crippen molar-refractivity contribution in [2.24, 2.45) is 0 Å². The van der Waals surface area contributed by atoms with Crippen LogP contribution in [-0.4, -0.2) is 11.7 Å². The predicted molar refractivity (Wildman–Crippen MR) is 90.9 cm³/mol. The molecule has 2 rings (SSSR count). The highest BCUT2D eigenvalue weighted by Crippen LogP contribution is 2.24. The number of hydrogen-bond acceptors (Lipinski definition) is 3. The molecule has 0 saturated carbocycles. The number of anilines is 1. The minimum Gasteiger partial charge on any atom is -0.443 e. The van der Waals surface area contributed by atoms with Crippen LogP contribution in [0.1, 0.15) is 25.6 Å². The van der Waals surface area contributed by atoms with Crippen molar-refractivity contribution in [3.63, 3.8) is 0 Å². The van der Waals surface area contributed by atoms with Crippen molar-refractivity contribution in [1.29, 1.82) is 0 Å². The lowest BCUT2D eigenvalue weighted by Gasteiger charge is -2.27. The molecular formula is C16H18BrNO2S. The van der Waals surface area contributed by atoms with E-state index < -0.39 is 5.60 Å². The van der Waals surface area contributed by atoms with Gasteiger partial charge in [0.25, 0.3) is 0 Å². The minimum absolute atomic E-state index is 0.335. The third kappa shape index (κ3) is 4.86. The quantitative estimate of drug-likeness (QED) is 0.721. The summed E-state index contributed by atoms with van der Waals surface area (Å²) in [6, 6.07) is 11.6. The summed E-state index contributed by atoms with van der Waals surface area (Å²) in [6.07, 6.45) is -0.335. The molecule has 112 valence electrons. The van der Waals surface area contributed by atoms with Crippen molar-refractivity contribution in [3.8, 4) is 0 Å². The van der Waals surface area contributed by atoms with Crippen molar-refractivity contribution in [2.75, 3.05) is 4.90 Å². The van der Waals surface area contributed by atoms with E-state index in [-0.39, 0.29) is 6.09 Å². The highest BCUT2D eigenvalue weighted by molar-refractivity contribution is 9.10. The fourth-order valence-electron chi connectivity index (χ4n) is 1.76. The summed E-state index contributed by atoms with van der Waals surface area (Å²) in [5.41, 5.74) is 0.306. The maximum absolute atomic E-state index is 12.5. The molecule has 3 nitrogen and oxygen atoms in total. The highest BCUT2D eigenvalue weighted by atomic mass is 79.9. The Hall–Kier alpha value is -1.33. The highest BCUT2D eigenvalue weighted by Gasteiger charge is 2.23. The van der Waals surface area contributed by atoms with Crippen LogP contribution < -0.4 is 4.90 Å². The largest absolute Gasteiger partial charge is 0.443 e. The lowest BCUT2D eigenvalue weighted by molar-refractivity contribution is 0.0578. The molecule has 21 heavy (non-hydrogen) atoms. The van der Waals surface area contributed by atoms with Crippen molar-refractivity contribution in [1.82, 2.24) is 0 Å². The number of thiophene rings is 1. The molecule has 0 aliphatic rings. The van der Waals surface area contributed by atoms with E-state index in [0.29, 0.717) is 6.54 Å². The molecular weight excluding hydrogens is 350 g/mol. The molecule has 2 aromatic rings. The van der Waals surface area contributed by atoms with Gasteiger partial charge in [-0.3, -0.25) is 4.90 Å². The monoisotopic (exact) mass is 367 g/mol. The second-order valence-electron chi connectivity index (χ2n) is 5.62. The number of benzene rings is 1. The summed E-state index contributed by atoms with van der Waals surface area (Å²) in [6.45, 7) is 6.12. The van der Waals surface area contributed by atoms with E-state index >= 15 is 0 Å². The molecule has 0 fully saturated rings. The second kappa shape index (κ2) is 6.62. The Kier molecular flexibility index (Phi) is 5.06. The van der Waals surface area contributed by atoms with Gasteiger partial charge < -0.3 is 4.74 Å². The SMILES string of the molecule is CC(C)(C)OC(=O)N(Cc1cccs1)c1ccc(Br)cc1. The number of hydrogen-bond donors (Lipinski definition) is 0. The fraction of sp³-hybridized carbons (Fsp3) is 0.312. The summed E-state index contributed by atoms with van der Waals surface area (Å²) < 4.78 is 6.49. The normalized spacial score (nSPS) is 11.2. The van der Waals surface area contributed by atoms with Crippen LogP contribution in [0.2, 0.25) is 0 Å². The Morgan fingerprint density at radius 2 is 1.90 bits per heavy atom. The van der Waals surface area contributed by atoms with Crippen LogP contribution in [0.25, 0.3) is 0 Å². The molecule has 0 radical (unpaired) electrons. The zero-order chi connectivity index (χ0) is 15.5. The fourth-order valence-corrected chi connectivity index (χ4v) is 2.71. The van der Waals surface area contributed by atoms with Crippen LogP contribution >= 0.6 is 27.3 Å². The van der Waals surface area contributed by atoms with Crippen LogP contribution in [0, 0.1) is 0 Å². The topological polar surface area (TPSA) is 29.5 Å². The first-order chi connectivity index (χ1) is 9.85. The second-order valence-corrected chi connectivity index (χ2v) is 7.57. The number of nitrogens with zero attached hydrogens (tertiary/aromatic N) is 1. The number of amides is 1. The summed E-state index contributed by atoms with van der Waals surface area (Å²) in [4.78, 5) is 15.2. The summed E-state index contributed by atoms with van der Waals surface area (Å²) in [5, 5.41) is 2.00. The van der Waals surface area contributed by atoms with Gasteiger partial charge in [0.2, 0.25) is 0 Å². The first kappa shape index (κ1) is 16.0. The Morgan fingerprint density at radius 1 is 1.24 bits per heavy atom. The van der Waals surface area contributed by atoms with E-state index in [1.807, 2.05) is 62.5 Å². The average molecular weight is 368 g/mol. The lowest BCUT2D eigenvalue weighted by atomic mass is 10.2. The summed E-state index contributed by atoms with van der Waals surface area (Å²) in [5.74, 6) is 0. The third-order valence-electron chi connectivity index (χ3n) is 2.65. The first-order valence-electron chi connectivity index (χ1n) is 6.63. The van der Waals surface area contributed by atoms with E-state index in [1.165, 1.54) is 0 Å². The number of halogens is 1. The van der Waals surface area contributed by atoms with Crippen molar-refractivity contribution >= 4 is 39.0 Å². The van der Waals surface area contributed by atoms with E-state index in [0.717, 1.165) is 15.0 Å². The summed E-state index contributed by atoms with van der Waals surface area (Å²) >= 11 is 5.03. The average Bonchev–Trinajstić information content (AvgIpc) is 2.88. The Morgan fingerprint density at radius 3 is 2.43 bits per heavy atom. The van der Waals surface area contributed by atoms with Gasteiger partial charge >= 0.3 is 6.09 Å². The van der Waals surface area contributed by atoms with Crippen LogP contribution in [0.4, 0.5) is 10.5 Å². The lowest BCUT2D eigenvalue weighted by Crippen LogP contribution is -2.36. The Balaban J connectivity index is 2.25. The van der Waals surface area contributed by atoms with Crippen LogP contribution in [-0.2, 0) is 11.3 Å². The van der Waals surface area contributed by atoms with Crippen molar-refractivity contribution in [3.05, 3.63) is 51.1 Å². The molecule has 0 atom stereocenters. The van der Waals surface area contributed by atoms with Gasteiger partial charge in [-0.25, -0.2) is 4.79 Å². The molecule has 0 bridgehead atoms. The molecule has 0 saturated heterocycles. The van der Waals surface area contributed by atoms with E-state index in [9.17, 15) is 4.79 Å². The van der Waals surface area contributed by atoms with E-state index in [4.69, 9.17) is 4.74 Å². The molecule has 0 N–H and O–H groups in total. The van der Waals surface area contributed by atoms with Crippen LogP contribution in [0.5, 0.6) is 0 Å². The van der Waals surface area contributed by atoms with E-state index in [2.05, 4.69) is 15.9 Å². The van der Waals surface area contributed by atoms with Gasteiger partial charge in [-0.05, 0) is 56.5 Å². The van der Waals surface area contributed by atoms with Gasteiger partial charge in [-0.2, -0.15) is 0 Å². The molecule has 5 heteroatoms.